The molecular weight excluding hydrogens is 217 g/mol. The Kier molecular flexibility index (Phi) is 4.34. The van der Waals surface area contributed by atoms with Crippen LogP contribution >= 0.6 is 0 Å². The molecule has 1 fully saturated rings. The molecule has 1 aromatic rings. The van der Waals surface area contributed by atoms with E-state index in [2.05, 4.69) is 22.2 Å². The van der Waals surface area contributed by atoms with Crippen molar-refractivity contribution in [2.45, 2.75) is 0 Å². The lowest BCUT2D eigenvalue weighted by atomic mass is 10.3. The Balaban J connectivity index is 1.71. The predicted molar refractivity (Wildman–Crippen MR) is 68.8 cm³/mol. The minimum Gasteiger partial charge on any atom is -0.381 e. The van der Waals surface area contributed by atoms with Gasteiger partial charge in [-0.05, 0) is 19.2 Å². The molecule has 0 unspecified atom stereocenters. The van der Waals surface area contributed by atoms with Crippen molar-refractivity contribution in [1.82, 2.24) is 9.80 Å². The van der Waals surface area contributed by atoms with E-state index < -0.39 is 0 Å². The molecule has 94 valence electrons. The van der Waals surface area contributed by atoms with Crippen molar-refractivity contribution >= 4 is 5.69 Å². The summed E-state index contributed by atoms with van der Waals surface area (Å²) in [7, 11) is 2.15. The van der Waals surface area contributed by atoms with E-state index in [1.54, 1.807) is 12.1 Å². The van der Waals surface area contributed by atoms with E-state index in [1.165, 1.54) is 6.07 Å². The minimum absolute atomic E-state index is 0.175. The molecule has 3 nitrogen and oxygen atoms in total. The number of halogens is 1. The fraction of sp³-hybridized carbons (Fsp3) is 0.538. The topological polar surface area (TPSA) is 18.5 Å². The summed E-state index contributed by atoms with van der Waals surface area (Å²) in [4.78, 5) is 4.74. The molecule has 4 heteroatoms. The fourth-order valence-electron chi connectivity index (χ4n) is 2.02. The predicted octanol–water partition coefficient (Wildman–Crippen LogP) is 1.48. The third-order valence-corrected chi connectivity index (χ3v) is 3.21. The first-order chi connectivity index (χ1) is 8.25. The third-order valence-electron chi connectivity index (χ3n) is 3.21. The van der Waals surface area contributed by atoms with E-state index >= 15 is 0 Å². The summed E-state index contributed by atoms with van der Waals surface area (Å²) in [5.41, 5.74) is 0.599. The van der Waals surface area contributed by atoms with Crippen LogP contribution in [0.4, 0.5) is 10.1 Å². The molecule has 1 aliphatic rings. The zero-order valence-electron chi connectivity index (χ0n) is 10.3. The SMILES string of the molecule is CN1CCN(CCNc2ccccc2F)CC1. The number of anilines is 1. The van der Waals surface area contributed by atoms with Gasteiger partial charge in [-0.15, -0.1) is 0 Å². The van der Waals surface area contributed by atoms with Gasteiger partial charge in [0.1, 0.15) is 5.82 Å². The lowest BCUT2D eigenvalue weighted by Gasteiger charge is -2.32. The highest BCUT2D eigenvalue weighted by Gasteiger charge is 2.12. The molecule has 1 saturated heterocycles. The summed E-state index contributed by atoms with van der Waals surface area (Å²) in [6, 6.07) is 6.82. The van der Waals surface area contributed by atoms with Crippen LogP contribution in [0, 0.1) is 5.82 Å². The summed E-state index contributed by atoms with van der Waals surface area (Å²) in [6.07, 6.45) is 0. The zero-order chi connectivity index (χ0) is 12.1. The highest BCUT2D eigenvalue weighted by atomic mass is 19.1. The molecule has 1 N–H and O–H groups in total. The van der Waals surface area contributed by atoms with Crippen molar-refractivity contribution in [3.8, 4) is 0 Å². The maximum atomic E-state index is 13.3. The number of nitrogens with zero attached hydrogens (tertiary/aromatic N) is 2. The van der Waals surface area contributed by atoms with Crippen molar-refractivity contribution < 1.29 is 4.39 Å². The Morgan fingerprint density at radius 2 is 1.88 bits per heavy atom. The second kappa shape index (κ2) is 5.98. The largest absolute Gasteiger partial charge is 0.381 e. The van der Waals surface area contributed by atoms with Crippen LogP contribution in [-0.2, 0) is 0 Å². The number of piperazine rings is 1. The first-order valence-corrected chi connectivity index (χ1v) is 6.15. The van der Waals surface area contributed by atoms with Crippen molar-refractivity contribution in [2.24, 2.45) is 0 Å². The Bertz CT molecular complexity index is 348. The zero-order valence-corrected chi connectivity index (χ0v) is 10.3. The van der Waals surface area contributed by atoms with Crippen LogP contribution in [0.25, 0.3) is 0 Å². The van der Waals surface area contributed by atoms with Gasteiger partial charge in [0.25, 0.3) is 0 Å². The average molecular weight is 237 g/mol. The van der Waals surface area contributed by atoms with Crippen molar-refractivity contribution in [2.75, 3.05) is 51.6 Å². The van der Waals surface area contributed by atoms with E-state index in [1.807, 2.05) is 6.07 Å². The van der Waals surface area contributed by atoms with Crippen molar-refractivity contribution in [3.05, 3.63) is 30.1 Å². The van der Waals surface area contributed by atoms with Gasteiger partial charge in [0, 0.05) is 39.3 Å². The number of para-hydroxylation sites is 1. The number of likely N-dealkylation sites (N-methyl/N-ethyl adjacent to an activating group) is 1. The lowest BCUT2D eigenvalue weighted by molar-refractivity contribution is 0.158. The second-order valence-electron chi connectivity index (χ2n) is 4.55. The molecular formula is C13H20FN3. The summed E-state index contributed by atoms with van der Waals surface area (Å²) < 4.78 is 13.3. The minimum atomic E-state index is -0.175. The summed E-state index contributed by atoms with van der Waals surface area (Å²) in [5, 5.41) is 3.14. The van der Waals surface area contributed by atoms with E-state index in [-0.39, 0.29) is 5.82 Å². The van der Waals surface area contributed by atoms with Crippen LogP contribution < -0.4 is 5.32 Å². The van der Waals surface area contributed by atoms with Gasteiger partial charge in [0.15, 0.2) is 0 Å². The van der Waals surface area contributed by atoms with E-state index in [9.17, 15) is 4.39 Å². The highest BCUT2D eigenvalue weighted by Crippen LogP contribution is 2.11. The quantitative estimate of drug-likeness (QED) is 0.856. The van der Waals surface area contributed by atoms with Crippen molar-refractivity contribution in [3.63, 3.8) is 0 Å². The molecule has 0 bridgehead atoms. The lowest BCUT2D eigenvalue weighted by Crippen LogP contribution is -2.45. The standard InChI is InChI=1S/C13H20FN3/c1-16-8-10-17(11-9-16)7-6-15-13-5-3-2-4-12(13)14/h2-5,15H,6-11H2,1H3. The fourth-order valence-corrected chi connectivity index (χ4v) is 2.02. The van der Waals surface area contributed by atoms with Gasteiger partial charge in [-0.1, -0.05) is 12.1 Å². The Labute approximate surface area is 102 Å². The maximum Gasteiger partial charge on any atom is 0.146 e. The Morgan fingerprint density at radius 1 is 1.18 bits per heavy atom. The van der Waals surface area contributed by atoms with Gasteiger partial charge in [-0.3, -0.25) is 4.90 Å². The van der Waals surface area contributed by atoms with Crippen LogP contribution in [0.3, 0.4) is 0 Å². The van der Waals surface area contributed by atoms with Crippen LogP contribution in [0.5, 0.6) is 0 Å². The highest BCUT2D eigenvalue weighted by molar-refractivity contribution is 5.44. The molecule has 2 rings (SSSR count). The number of benzene rings is 1. The molecule has 0 spiro atoms. The summed E-state index contributed by atoms with van der Waals surface area (Å²) in [6.45, 7) is 6.23. The number of hydrogen-bond acceptors (Lipinski definition) is 3. The normalized spacial score (nSPS) is 18.2. The summed E-state index contributed by atoms with van der Waals surface area (Å²) in [5.74, 6) is -0.175. The van der Waals surface area contributed by atoms with Gasteiger partial charge in [-0.2, -0.15) is 0 Å². The van der Waals surface area contributed by atoms with E-state index in [0.29, 0.717) is 5.69 Å². The molecule has 1 aliphatic heterocycles. The first kappa shape index (κ1) is 12.3. The number of rotatable bonds is 4. The molecule has 0 atom stereocenters. The van der Waals surface area contributed by atoms with Gasteiger partial charge >= 0.3 is 0 Å². The molecule has 0 saturated carbocycles. The van der Waals surface area contributed by atoms with Crippen LogP contribution in [0.1, 0.15) is 0 Å². The van der Waals surface area contributed by atoms with E-state index in [4.69, 9.17) is 0 Å². The second-order valence-corrected chi connectivity index (χ2v) is 4.55. The molecule has 0 aromatic heterocycles. The average Bonchev–Trinajstić information content (AvgIpc) is 2.34. The van der Waals surface area contributed by atoms with Crippen LogP contribution in [0.2, 0.25) is 0 Å². The molecule has 0 aliphatic carbocycles. The van der Waals surface area contributed by atoms with Gasteiger partial charge in [-0.25, -0.2) is 4.39 Å². The number of nitrogens with one attached hydrogen (secondary N) is 1. The third kappa shape index (κ3) is 3.68. The molecule has 0 radical (unpaired) electrons. The van der Waals surface area contributed by atoms with Gasteiger partial charge < -0.3 is 10.2 Å². The molecule has 1 aromatic carbocycles. The maximum absolute atomic E-state index is 13.3. The van der Waals surface area contributed by atoms with Crippen LogP contribution in [0.15, 0.2) is 24.3 Å². The van der Waals surface area contributed by atoms with Crippen LogP contribution in [-0.4, -0.2) is 56.1 Å². The number of hydrogen-bond donors (Lipinski definition) is 1. The molecule has 0 amide bonds. The molecule has 1 heterocycles. The van der Waals surface area contributed by atoms with E-state index in [0.717, 1.165) is 39.3 Å². The van der Waals surface area contributed by atoms with Gasteiger partial charge in [0.05, 0.1) is 5.69 Å². The Morgan fingerprint density at radius 3 is 2.59 bits per heavy atom. The Hall–Kier alpha value is -1.13. The molecule has 17 heavy (non-hydrogen) atoms. The monoisotopic (exact) mass is 237 g/mol. The van der Waals surface area contributed by atoms with Crippen molar-refractivity contribution in [1.29, 1.82) is 0 Å². The first-order valence-electron chi connectivity index (χ1n) is 6.15. The van der Waals surface area contributed by atoms with Gasteiger partial charge in [0.2, 0.25) is 0 Å². The summed E-state index contributed by atoms with van der Waals surface area (Å²) >= 11 is 0. The smallest absolute Gasteiger partial charge is 0.146 e.